The Morgan fingerprint density at radius 1 is 1.41 bits per heavy atom. The van der Waals surface area contributed by atoms with Crippen LogP contribution in [-0.2, 0) is 7.05 Å². The van der Waals surface area contributed by atoms with Crippen LogP contribution >= 0.6 is 0 Å². The number of benzene rings is 1. The van der Waals surface area contributed by atoms with Crippen LogP contribution in [0.3, 0.4) is 0 Å². The summed E-state index contributed by atoms with van der Waals surface area (Å²) in [5.74, 6) is 0.608. The lowest BCUT2D eigenvalue weighted by molar-refractivity contribution is 0.112. The molecule has 0 radical (unpaired) electrons. The fourth-order valence-electron chi connectivity index (χ4n) is 1.80. The highest BCUT2D eigenvalue weighted by Gasteiger charge is 2.11. The minimum atomic E-state index is 0.491. The van der Waals surface area contributed by atoms with E-state index < -0.39 is 0 Å². The van der Waals surface area contributed by atoms with Gasteiger partial charge in [-0.2, -0.15) is 0 Å². The normalized spacial score (nSPS) is 10.9. The first-order valence-electron chi connectivity index (χ1n) is 4.99. The number of carbonyl (C=O) groups is 1. The zero-order valence-electron chi connectivity index (χ0n) is 8.99. The number of fused-ring (bicyclic) bond motifs is 1. The quantitative estimate of drug-likeness (QED) is 0.620. The zero-order chi connectivity index (χ0) is 11.8. The summed E-state index contributed by atoms with van der Waals surface area (Å²) in [6, 6.07) is 5.40. The second-order valence-electron chi connectivity index (χ2n) is 3.65. The highest BCUT2D eigenvalue weighted by Crippen LogP contribution is 2.26. The van der Waals surface area contributed by atoms with Gasteiger partial charge >= 0.3 is 0 Å². The molecule has 0 N–H and O–H groups in total. The molecule has 2 aromatic heterocycles. The Hall–Kier alpha value is -2.50. The van der Waals surface area contributed by atoms with Gasteiger partial charge in [0.2, 0.25) is 0 Å². The Balaban J connectivity index is 2.31. The highest BCUT2D eigenvalue weighted by molar-refractivity contribution is 5.97. The molecule has 84 valence electrons. The summed E-state index contributed by atoms with van der Waals surface area (Å²) < 4.78 is 6.80. The van der Waals surface area contributed by atoms with Crippen LogP contribution in [0.1, 0.15) is 10.4 Å². The van der Waals surface area contributed by atoms with E-state index in [0.717, 1.165) is 17.2 Å². The van der Waals surface area contributed by atoms with E-state index in [9.17, 15) is 4.79 Å². The third kappa shape index (κ3) is 1.42. The number of aromatic nitrogens is 4. The molecule has 6 nitrogen and oxygen atoms in total. The fraction of sp³-hybridized carbons (Fsp3) is 0.0909. The van der Waals surface area contributed by atoms with Crippen LogP contribution in [0.15, 0.2) is 28.9 Å². The van der Waals surface area contributed by atoms with Crippen molar-refractivity contribution < 1.29 is 9.21 Å². The molecule has 0 saturated carbocycles. The molecule has 0 amide bonds. The van der Waals surface area contributed by atoms with Gasteiger partial charge in [0.15, 0.2) is 12.1 Å². The smallest absolute Gasteiger partial charge is 0.181 e. The third-order valence-electron chi connectivity index (χ3n) is 2.59. The van der Waals surface area contributed by atoms with Gasteiger partial charge in [0.25, 0.3) is 0 Å². The maximum absolute atomic E-state index is 11.0. The first kappa shape index (κ1) is 9.71. The van der Waals surface area contributed by atoms with Crippen molar-refractivity contribution in [2.75, 3.05) is 0 Å². The molecule has 2 heterocycles. The molecule has 3 aromatic rings. The molecule has 0 aliphatic rings. The Morgan fingerprint density at radius 3 is 3.00 bits per heavy atom. The van der Waals surface area contributed by atoms with Crippen molar-refractivity contribution in [3.05, 3.63) is 30.0 Å². The lowest BCUT2D eigenvalue weighted by Crippen LogP contribution is -1.95. The monoisotopic (exact) mass is 228 g/mol. The van der Waals surface area contributed by atoms with E-state index in [-0.39, 0.29) is 0 Å². The molecular formula is C11H8N4O2. The summed E-state index contributed by atoms with van der Waals surface area (Å²) in [5, 5.41) is 12.1. The van der Waals surface area contributed by atoms with Gasteiger partial charge in [0, 0.05) is 18.0 Å². The molecule has 6 heteroatoms. The Morgan fingerprint density at radius 2 is 2.29 bits per heavy atom. The van der Waals surface area contributed by atoms with Crippen LogP contribution in [0.4, 0.5) is 0 Å². The highest BCUT2D eigenvalue weighted by atomic mass is 16.3. The number of hydrogen-bond acceptors (Lipinski definition) is 5. The first-order chi connectivity index (χ1) is 8.29. The van der Waals surface area contributed by atoms with Crippen molar-refractivity contribution in [3.63, 3.8) is 0 Å². The maximum Gasteiger partial charge on any atom is 0.181 e. The Kier molecular flexibility index (Phi) is 2.01. The van der Waals surface area contributed by atoms with Crippen LogP contribution in [0, 0.1) is 0 Å². The minimum Gasteiger partial charge on any atom is -0.464 e. The molecule has 3 rings (SSSR count). The molecule has 0 bridgehead atoms. The number of nitrogens with zero attached hydrogens (tertiary/aromatic N) is 4. The largest absolute Gasteiger partial charge is 0.464 e. The van der Waals surface area contributed by atoms with Crippen LogP contribution in [0.5, 0.6) is 0 Å². The summed E-state index contributed by atoms with van der Waals surface area (Å²) in [7, 11) is 1.75. The molecule has 0 fully saturated rings. The molecule has 0 unspecified atom stereocenters. The molecule has 1 aromatic carbocycles. The second-order valence-corrected chi connectivity index (χ2v) is 3.65. The number of tetrazole rings is 1. The Bertz CT molecular complexity index is 698. The maximum atomic E-state index is 11.0. The average molecular weight is 228 g/mol. The Labute approximate surface area is 95.8 Å². The third-order valence-corrected chi connectivity index (χ3v) is 2.59. The summed E-state index contributed by atoms with van der Waals surface area (Å²) >= 11 is 0. The molecule has 0 aliphatic carbocycles. The number of rotatable bonds is 2. The lowest BCUT2D eigenvalue weighted by atomic mass is 10.1. The van der Waals surface area contributed by atoms with Gasteiger partial charge in [-0.15, -0.1) is 5.10 Å². The van der Waals surface area contributed by atoms with Gasteiger partial charge in [0.05, 0.1) is 11.8 Å². The summed E-state index contributed by atoms with van der Waals surface area (Å²) in [6.07, 6.45) is 2.31. The fourth-order valence-corrected chi connectivity index (χ4v) is 1.80. The van der Waals surface area contributed by atoms with E-state index in [1.54, 1.807) is 30.1 Å². The predicted molar refractivity (Wildman–Crippen MR) is 59.4 cm³/mol. The van der Waals surface area contributed by atoms with Crippen molar-refractivity contribution >= 4 is 17.3 Å². The first-order valence-corrected chi connectivity index (χ1v) is 4.99. The molecule has 17 heavy (non-hydrogen) atoms. The van der Waals surface area contributed by atoms with Crippen LogP contribution < -0.4 is 0 Å². The summed E-state index contributed by atoms with van der Waals surface area (Å²) in [4.78, 5) is 11.0. The van der Waals surface area contributed by atoms with E-state index in [0.29, 0.717) is 17.0 Å². The summed E-state index contributed by atoms with van der Waals surface area (Å²) in [5.41, 5.74) is 1.86. The molecule has 0 saturated heterocycles. The number of hydrogen-bond donors (Lipinski definition) is 0. The number of carbonyl (C=O) groups excluding carboxylic acids is 1. The van der Waals surface area contributed by atoms with Gasteiger partial charge in [0.1, 0.15) is 5.58 Å². The summed E-state index contributed by atoms with van der Waals surface area (Å²) in [6.45, 7) is 0. The molecule has 0 aliphatic heterocycles. The minimum absolute atomic E-state index is 0.491. The van der Waals surface area contributed by atoms with E-state index in [1.165, 1.54) is 0 Å². The average Bonchev–Trinajstić information content (AvgIpc) is 2.95. The lowest BCUT2D eigenvalue weighted by Gasteiger charge is -2.01. The SMILES string of the molecule is Cn1nnnc1-c1cc(C=O)c2occc2c1. The van der Waals surface area contributed by atoms with Crippen molar-refractivity contribution in [2.24, 2.45) is 7.05 Å². The van der Waals surface area contributed by atoms with Crippen molar-refractivity contribution in [2.45, 2.75) is 0 Å². The topological polar surface area (TPSA) is 73.8 Å². The van der Waals surface area contributed by atoms with E-state index in [4.69, 9.17) is 4.42 Å². The van der Waals surface area contributed by atoms with Gasteiger partial charge in [-0.05, 0) is 28.6 Å². The number of aldehydes is 1. The molecule has 0 spiro atoms. The van der Waals surface area contributed by atoms with Gasteiger partial charge in [-0.1, -0.05) is 0 Å². The van der Waals surface area contributed by atoms with E-state index in [2.05, 4.69) is 15.5 Å². The van der Waals surface area contributed by atoms with Gasteiger partial charge in [-0.25, -0.2) is 4.68 Å². The van der Waals surface area contributed by atoms with Crippen molar-refractivity contribution in [1.82, 2.24) is 20.2 Å². The van der Waals surface area contributed by atoms with Gasteiger partial charge < -0.3 is 4.42 Å². The van der Waals surface area contributed by atoms with E-state index in [1.807, 2.05) is 6.07 Å². The van der Waals surface area contributed by atoms with Crippen LogP contribution in [0.2, 0.25) is 0 Å². The second kappa shape index (κ2) is 3.51. The van der Waals surface area contributed by atoms with Crippen molar-refractivity contribution in [3.8, 4) is 11.4 Å². The van der Waals surface area contributed by atoms with Crippen molar-refractivity contribution in [1.29, 1.82) is 0 Å². The van der Waals surface area contributed by atoms with Gasteiger partial charge in [-0.3, -0.25) is 4.79 Å². The van der Waals surface area contributed by atoms with E-state index >= 15 is 0 Å². The zero-order valence-corrected chi connectivity index (χ0v) is 8.99. The predicted octanol–water partition coefficient (Wildman–Crippen LogP) is 1.44. The molecular weight excluding hydrogens is 220 g/mol. The van der Waals surface area contributed by atoms with Crippen LogP contribution in [-0.4, -0.2) is 26.5 Å². The standard InChI is InChI=1S/C11H8N4O2/c1-15-11(12-13-14-15)8-4-7-2-3-17-10(7)9(5-8)6-16/h2-6H,1H3. The molecule has 0 atom stereocenters. The number of furan rings is 1. The van der Waals surface area contributed by atoms with Crippen LogP contribution in [0.25, 0.3) is 22.4 Å². The number of aryl methyl sites for hydroxylation is 1.